The topological polar surface area (TPSA) is 38.1 Å². The van der Waals surface area contributed by atoms with E-state index in [1.165, 1.54) is 0 Å². The third kappa shape index (κ3) is 3.08. The number of aromatic nitrogens is 1. The van der Waals surface area contributed by atoms with E-state index in [1.807, 2.05) is 31.2 Å². The predicted molar refractivity (Wildman–Crippen MR) is 63.2 cm³/mol. The van der Waals surface area contributed by atoms with Gasteiger partial charge < -0.3 is 9.73 Å². The number of hydrogen-bond donors (Lipinski definition) is 1. The summed E-state index contributed by atoms with van der Waals surface area (Å²) in [6, 6.07) is 7.72. The molecule has 0 radical (unpaired) electrons. The van der Waals surface area contributed by atoms with Gasteiger partial charge in [-0.3, -0.25) is 0 Å². The quantitative estimate of drug-likeness (QED) is 0.830. The van der Waals surface area contributed by atoms with E-state index in [0.717, 1.165) is 23.6 Å². The predicted octanol–water partition coefficient (Wildman–Crippen LogP) is 2.93. The number of nitrogens with one attached hydrogen (secondary N) is 1. The van der Waals surface area contributed by atoms with E-state index in [0.29, 0.717) is 11.7 Å². The summed E-state index contributed by atoms with van der Waals surface area (Å²) in [4.78, 5) is 3.93. The van der Waals surface area contributed by atoms with Crippen LogP contribution in [0.25, 0.3) is 0 Å². The van der Waals surface area contributed by atoms with E-state index in [4.69, 9.17) is 16.0 Å². The Morgan fingerprint density at radius 1 is 1.31 bits per heavy atom. The van der Waals surface area contributed by atoms with E-state index >= 15 is 0 Å². The first-order valence-corrected chi connectivity index (χ1v) is 5.48. The Kier molecular flexibility index (Phi) is 3.59. The van der Waals surface area contributed by atoms with Crippen LogP contribution < -0.4 is 5.32 Å². The maximum atomic E-state index is 5.79. The van der Waals surface area contributed by atoms with Crippen molar-refractivity contribution in [3.05, 3.63) is 52.7 Å². The van der Waals surface area contributed by atoms with E-state index in [2.05, 4.69) is 10.3 Å². The molecule has 0 aliphatic heterocycles. The Morgan fingerprint density at radius 2 is 2.19 bits per heavy atom. The van der Waals surface area contributed by atoms with Crippen molar-refractivity contribution in [2.45, 2.75) is 20.0 Å². The molecule has 0 aromatic carbocycles. The lowest BCUT2D eigenvalue weighted by atomic mass is 10.2. The van der Waals surface area contributed by atoms with Crippen LogP contribution in [0.15, 0.2) is 34.9 Å². The zero-order valence-electron chi connectivity index (χ0n) is 9.03. The van der Waals surface area contributed by atoms with Gasteiger partial charge in [0, 0.05) is 12.7 Å². The second-order valence-corrected chi connectivity index (χ2v) is 3.99. The summed E-state index contributed by atoms with van der Waals surface area (Å²) < 4.78 is 5.44. The number of rotatable bonds is 4. The van der Waals surface area contributed by atoms with Gasteiger partial charge in [-0.05, 0) is 36.8 Å². The van der Waals surface area contributed by atoms with Crippen LogP contribution in [0.4, 0.5) is 0 Å². The van der Waals surface area contributed by atoms with Crippen LogP contribution in [0.3, 0.4) is 0 Å². The molecule has 2 aromatic heterocycles. The maximum absolute atomic E-state index is 5.79. The lowest BCUT2D eigenvalue weighted by molar-refractivity contribution is 0.461. The first kappa shape index (κ1) is 11.2. The fourth-order valence-corrected chi connectivity index (χ4v) is 1.66. The molecule has 0 bridgehead atoms. The number of pyridine rings is 1. The standard InChI is InChI=1S/C12H13ClN2O/c1-9-2-3-11(16-9)8-14-7-10-4-5-15-12(13)6-10/h2-6,14H,7-8H2,1H3. The summed E-state index contributed by atoms with van der Waals surface area (Å²) in [5.74, 6) is 1.88. The van der Waals surface area contributed by atoms with E-state index in [-0.39, 0.29) is 0 Å². The number of hydrogen-bond acceptors (Lipinski definition) is 3. The molecule has 2 heterocycles. The molecule has 0 aliphatic carbocycles. The third-order valence-corrected chi connectivity index (χ3v) is 2.42. The Labute approximate surface area is 99.5 Å². The van der Waals surface area contributed by atoms with Gasteiger partial charge in [-0.25, -0.2) is 4.98 Å². The highest BCUT2D eigenvalue weighted by Crippen LogP contribution is 2.08. The van der Waals surface area contributed by atoms with Gasteiger partial charge in [0.2, 0.25) is 0 Å². The molecule has 0 unspecified atom stereocenters. The first-order chi connectivity index (χ1) is 7.74. The number of nitrogens with zero attached hydrogens (tertiary/aromatic N) is 1. The summed E-state index contributed by atoms with van der Waals surface area (Å²) in [5.41, 5.74) is 1.11. The summed E-state index contributed by atoms with van der Waals surface area (Å²) in [5, 5.41) is 3.80. The maximum Gasteiger partial charge on any atom is 0.129 e. The summed E-state index contributed by atoms with van der Waals surface area (Å²) in [7, 11) is 0. The zero-order valence-corrected chi connectivity index (χ0v) is 9.79. The molecular formula is C12H13ClN2O. The molecule has 0 spiro atoms. The lowest BCUT2D eigenvalue weighted by Gasteiger charge is -2.02. The van der Waals surface area contributed by atoms with E-state index in [1.54, 1.807) is 6.20 Å². The second-order valence-electron chi connectivity index (χ2n) is 3.60. The molecule has 2 rings (SSSR count). The second kappa shape index (κ2) is 5.14. The van der Waals surface area contributed by atoms with Gasteiger partial charge >= 0.3 is 0 Å². The van der Waals surface area contributed by atoms with Crippen LogP contribution in [0.5, 0.6) is 0 Å². The molecule has 4 heteroatoms. The minimum Gasteiger partial charge on any atom is -0.465 e. The van der Waals surface area contributed by atoms with Crippen LogP contribution >= 0.6 is 11.6 Å². The SMILES string of the molecule is Cc1ccc(CNCc2ccnc(Cl)c2)o1. The normalized spacial score (nSPS) is 10.6. The molecule has 0 aliphatic rings. The molecule has 0 saturated heterocycles. The van der Waals surface area contributed by atoms with Crippen molar-refractivity contribution >= 4 is 11.6 Å². The minimum absolute atomic E-state index is 0.521. The molecule has 0 saturated carbocycles. The van der Waals surface area contributed by atoms with Gasteiger partial charge in [-0.2, -0.15) is 0 Å². The van der Waals surface area contributed by atoms with Crippen LogP contribution in [0.2, 0.25) is 5.15 Å². The number of furan rings is 1. The molecule has 0 fully saturated rings. The van der Waals surface area contributed by atoms with Crippen molar-refractivity contribution in [3.8, 4) is 0 Å². The molecule has 16 heavy (non-hydrogen) atoms. The molecule has 2 aromatic rings. The Hall–Kier alpha value is -1.32. The minimum atomic E-state index is 0.521. The van der Waals surface area contributed by atoms with Crippen molar-refractivity contribution in [2.24, 2.45) is 0 Å². The Bertz CT molecular complexity index is 468. The number of aryl methyl sites for hydroxylation is 1. The van der Waals surface area contributed by atoms with Gasteiger partial charge in [0.05, 0.1) is 6.54 Å². The molecular weight excluding hydrogens is 224 g/mol. The summed E-state index contributed by atoms with van der Waals surface area (Å²) >= 11 is 5.79. The van der Waals surface area contributed by atoms with Gasteiger partial charge in [0.1, 0.15) is 16.7 Å². The summed E-state index contributed by atoms with van der Waals surface area (Å²) in [6.07, 6.45) is 1.70. The molecule has 3 nitrogen and oxygen atoms in total. The molecule has 0 amide bonds. The van der Waals surface area contributed by atoms with Crippen LogP contribution in [-0.4, -0.2) is 4.98 Å². The Balaban J connectivity index is 1.84. The van der Waals surface area contributed by atoms with E-state index in [9.17, 15) is 0 Å². The van der Waals surface area contributed by atoms with Gasteiger partial charge in [0.15, 0.2) is 0 Å². The fraction of sp³-hybridized carbons (Fsp3) is 0.250. The smallest absolute Gasteiger partial charge is 0.129 e. The van der Waals surface area contributed by atoms with Crippen molar-refractivity contribution in [2.75, 3.05) is 0 Å². The average Bonchev–Trinajstić information content (AvgIpc) is 2.64. The van der Waals surface area contributed by atoms with Crippen molar-refractivity contribution in [3.63, 3.8) is 0 Å². The Morgan fingerprint density at radius 3 is 2.88 bits per heavy atom. The van der Waals surface area contributed by atoms with Crippen molar-refractivity contribution in [1.29, 1.82) is 0 Å². The van der Waals surface area contributed by atoms with Crippen molar-refractivity contribution in [1.82, 2.24) is 10.3 Å². The highest BCUT2D eigenvalue weighted by Gasteiger charge is 1.98. The molecule has 84 valence electrons. The van der Waals surface area contributed by atoms with E-state index < -0.39 is 0 Å². The molecule has 0 atom stereocenters. The fourth-order valence-electron chi connectivity index (χ4n) is 1.46. The van der Waals surface area contributed by atoms with Crippen molar-refractivity contribution < 1.29 is 4.42 Å². The zero-order chi connectivity index (χ0) is 11.4. The highest BCUT2D eigenvalue weighted by molar-refractivity contribution is 6.29. The van der Waals surface area contributed by atoms with Gasteiger partial charge in [-0.1, -0.05) is 11.6 Å². The largest absolute Gasteiger partial charge is 0.465 e. The monoisotopic (exact) mass is 236 g/mol. The first-order valence-electron chi connectivity index (χ1n) is 5.10. The van der Waals surface area contributed by atoms with Gasteiger partial charge in [-0.15, -0.1) is 0 Å². The summed E-state index contributed by atoms with van der Waals surface area (Å²) in [6.45, 7) is 3.40. The molecule has 1 N–H and O–H groups in total. The third-order valence-electron chi connectivity index (χ3n) is 2.22. The lowest BCUT2D eigenvalue weighted by Crippen LogP contribution is -2.12. The highest BCUT2D eigenvalue weighted by atomic mass is 35.5. The average molecular weight is 237 g/mol. The number of halogens is 1. The van der Waals surface area contributed by atoms with Crippen LogP contribution in [0.1, 0.15) is 17.1 Å². The van der Waals surface area contributed by atoms with Crippen LogP contribution in [-0.2, 0) is 13.1 Å². The van der Waals surface area contributed by atoms with Crippen LogP contribution in [0, 0.1) is 6.92 Å². The van der Waals surface area contributed by atoms with Gasteiger partial charge in [0.25, 0.3) is 0 Å².